The number of aliphatic hydroxyl groups is 1. The van der Waals surface area contributed by atoms with Gasteiger partial charge in [-0.1, -0.05) is 53.5 Å². The maximum absolute atomic E-state index is 11.3. The van der Waals surface area contributed by atoms with Crippen LogP contribution >= 0.6 is 34.8 Å². The second kappa shape index (κ2) is 5.93. The minimum absolute atomic E-state index is 0.292. The van der Waals surface area contributed by atoms with Crippen LogP contribution in [0.2, 0.25) is 0 Å². The van der Waals surface area contributed by atoms with E-state index in [0.29, 0.717) is 16.9 Å². The monoisotopic (exact) mass is 308 g/mol. The summed E-state index contributed by atoms with van der Waals surface area (Å²) in [6.07, 6.45) is -1.26. The summed E-state index contributed by atoms with van der Waals surface area (Å²) >= 11 is 16.7. The topological polar surface area (TPSA) is 46.5 Å². The number of esters is 1. The fourth-order valence-electron chi connectivity index (χ4n) is 1.10. The molecule has 0 aromatic heterocycles. The second-order valence-electron chi connectivity index (χ2n) is 3.68. The lowest BCUT2D eigenvalue weighted by molar-refractivity contribution is -0.130. The normalized spacial score (nSPS) is 12.9. The van der Waals surface area contributed by atoms with Crippen LogP contribution in [0.15, 0.2) is 36.4 Å². The van der Waals surface area contributed by atoms with Crippen LogP contribution in [0.3, 0.4) is 0 Å². The Labute approximate surface area is 120 Å². The van der Waals surface area contributed by atoms with E-state index < -0.39 is 15.9 Å². The molecule has 1 aromatic rings. The van der Waals surface area contributed by atoms with Crippen LogP contribution in [0.1, 0.15) is 18.6 Å². The molecule has 0 radical (unpaired) electrons. The highest BCUT2D eigenvalue weighted by Gasteiger charge is 2.31. The second-order valence-corrected chi connectivity index (χ2v) is 6.05. The third kappa shape index (κ3) is 4.18. The molecule has 0 spiro atoms. The molecule has 1 unspecified atom stereocenters. The van der Waals surface area contributed by atoms with Crippen molar-refractivity contribution in [3.63, 3.8) is 0 Å². The van der Waals surface area contributed by atoms with Gasteiger partial charge in [0.05, 0.1) is 0 Å². The molecule has 1 N–H and O–H groups in total. The van der Waals surface area contributed by atoms with Crippen molar-refractivity contribution in [3.8, 4) is 5.75 Å². The molecule has 1 rings (SSSR count). The number of rotatable bonds is 3. The molecule has 0 aliphatic rings. The number of ether oxygens (including phenoxy) is 1. The largest absolute Gasteiger partial charge is 0.423 e. The fourth-order valence-corrected chi connectivity index (χ4v) is 1.48. The molecule has 0 fully saturated rings. The highest BCUT2D eigenvalue weighted by Crippen LogP contribution is 2.39. The highest BCUT2D eigenvalue weighted by molar-refractivity contribution is 6.68. The van der Waals surface area contributed by atoms with Crippen molar-refractivity contribution in [1.82, 2.24) is 0 Å². The quantitative estimate of drug-likeness (QED) is 0.402. The Hall–Kier alpha value is -0.740. The van der Waals surface area contributed by atoms with Crippen LogP contribution in [0, 0.1) is 0 Å². The molecule has 0 heterocycles. The first-order valence-electron chi connectivity index (χ1n) is 4.94. The summed E-state index contributed by atoms with van der Waals surface area (Å²) in [5.41, 5.74) is 0.700. The molecular weight excluding hydrogens is 298 g/mol. The summed E-state index contributed by atoms with van der Waals surface area (Å²) in [7, 11) is 0. The van der Waals surface area contributed by atoms with Gasteiger partial charge in [0, 0.05) is 5.57 Å². The summed E-state index contributed by atoms with van der Waals surface area (Å²) in [6, 6.07) is 6.01. The van der Waals surface area contributed by atoms with E-state index in [1.807, 2.05) is 0 Å². The van der Waals surface area contributed by atoms with Gasteiger partial charge in [-0.3, -0.25) is 0 Å². The van der Waals surface area contributed by atoms with E-state index in [0.717, 1.165) is 0 Å². The lowest BCUT2D eigenvalue weighted by Crippen LogP contribution is -2.16. The average Bonchev–Trinajstić information content (AvgIpc) is 2.27. The van der Waals surface area contributed by atoms with Gasteiger partial charge in [0.1, 0.15) is 11.9 Å². The Kier molecular flexibility index (Phi) is 5.05. The van der Waals surface area contributed by atoms with E-state index in [4.69, 9.17) is 39.5 Å². The number of carbonyl (C=O) groups is 1. The minimum Gasteiger partial charge on any atom is -0.423 e. The van der Waals surface area contributed by atoms with E-state index in [-0.39, 0.29) is 0 Å². The van der Waals surface area contributed by atoms with E-state index in [2.05, 4.69) is 6.58 Å². The van der Waals surface area contributed by atoms with Gasteiger partial charge >= 0.3 is 5.97 Å². The van der Waals surface area contributed by atoms with Crippen LogP contribution in [0.5, 0.6) is 5.75 Å². The first kappa shape index (κ1) is 15.3. The fraction of sp³-hybridized carbons (Fsp3) is 0.250. The molecule has 1 aromatic carbocycles. The third-order valence-corrected chi connectivity index (χ3v) is 2.68. The SMILES string of the molecule is C=C(C)C(=O)Oc1ccc(C(O)C(Cl)(Cl)Cl)cc1. The molecule has 98 valence electrons. The van der Waals surface area contributed by atoms with Crippen LogP contribution in [-0.2, 0) is 4.79 Å². The number of benzene rings is 1. The van der Waals surface area contributed by atoms with Crippen LogP contribution in [0.4, 0.5) is 0 Å². The molecule has 3 nitrogen and oxygen atoms in total. The van der Waals surface area contributed by atoms with Gasteiger partial charge in [0.25, 0.3) is 0 Å². The third-order valence-electron chi connectivity index (χ3n) is 2.06. The number of carbonyl (C=O) groups excluding carboxylic acids is 1. The molecule has 0 saturated heterocycles. The molecule has 0 saturated carbocycles. The lowest BCUT2D eigenvalue weighted by atomic mass is 10.1. The summed E-state index contributed by atoms with van der Waals surface area (Å²) in [4.78, 5) is 11.3. The molecule has 0 amide bonds. The van der Waals surface area contributed by atoms with Crippen LogP contribution < -0.4 is 4.74 Å². The van der Waals surface area contributed by atoms with Gasteiger partial charge < -0.3 is 9.84 Å². The molecule has 0 bridgehead atoms. The predicted octanol–water partition coefficient (Wildman–Crippen LogP) is 3.57. The van der Waals surface area contributed by atoms with Gasteiger partial charge in [0.15, 0.2) is 0 Å². The van der Waals surface area contributed by atoms with Crippen LogP contribution in [-0.4, -0.2) is 14.9 Å². The number of halogens is 3. The highest BCUT2D eigenvalue weighted by atomic mass is 35.6. The van der Waals surface area contributed by atoms with Gasteiger partial charge in [-0.25, -0.2) is 4.79 Å². The van der Waals surface area contributed by atoms with Crippen molar-refractivity contribution in [3.05, 3.63) is 42.0 Å². The van der Waals surface area contributed by atoms with Crippen molar-refractivity contribution < 1.29 is 14.6 Å². The molecule has 0 aliphatic carbocycles. The van der Waals surface area contributed by atoms with Crippen molar-refractivity contribution in [2.75, 3.05) is 0 Å². The zero-order chi connectivity index (χ0) is 13.9. The molecule has 1 atom stereocenters. The first-order valence-corrected chi connectivity index (χ1v) is 6.07. The first-order chi connectivity index (χ1) is 8.21. The maximum atomic E-state index is 11.3. The van der Waals surface area contributed by atoms with Crippen LogP contribution in [0.25, 0.3) is 0 Å². The molecule has 18 heavy (non-hydrogen) atoms. The molecule has 0 aliphatic heterocycles. The van der Waals surface area contributed by atoms with Crippen molar-refractivity contribution in [2.45, 2.75) is 16.8 Å². The standard InChI is InChI=1S/C12H11Cl3O3/c1-7(2)11(17)18-9-5-3-8(4-6-9)10(16)12(13,14)15/h3-6,10,16H,1H2,2H3. The Morgan fingerprint density at radius 1 is 1.33 bits per heavy atom. The zero-order valence-corrected chi connectivity index (χ0v) is 11.8. The Balaban J connectivity index is 2.81. The van der Waals surface area contributed by atoms with Crippen molar-refractivity contribution in [2.24, 2.45) is 0 Å². The van der Waals surface area contributed by atoms with Gasteiger partial charge in [0.2, 0.25) is 3.79 Å². The minimum atomic E-state index is -1.81. The van der Waals surface area contributed by atoms with Crippen molar-refractivity contribution in [1.29, 1.82) is 0 Å². The number of hydrogen-bond donors (Lipinski definition) is 1. The van der Waals surface area contributed by atoms with E-state index >= 15 is 0 Å². The van der Waals surface area contributed by atoms with E-state index in [9.17, 15) is 9.90 Å². The summed E-state index contributed by atoms with van der Waals surface area (Å²) < 4.78 is 3.17. The summed E-state index contributed by atoms with van der Waals surface area (Å²) in [6.45, 7) is 5.01. The van der Waals surface area contributed by atoms with Crippen molar-refractivity contribution >= 4 is 40.8 Å². The maximum Gasteiger partial charge on any atom is 0.338 e. The lowest BCUT2D eigenvalue weighted by Gasteiger charge is -2.19. The Bertz CT molecular complexity index is 449. The zero-order valence-electron chi connectivity index (χ0n) is 9.49. The van der Waals surface area contributed by atoms with Gasteiger partial charge in [-0.05, 0) is 24.6 Å². The molecular formula is C12H11Cl3O3. The predicted molar refractivity (Wildman–Crippen MR) is 72.1 cm³/mol. The van der Waals surface area contributed by atoms with Gasteiger partial charge in [-0.2, -0.15) is 0 Å². The smallest absolute Gasteiger partial charge is 0.338 e. The number of alkyl halides is 3. The number of aliphatic hydroxyl groups excluding tert-OH is 1. The number of hydrogen-bond acceptors (Lipinski definition) is 3. The Morgan fingerprint density at radius 3 is 2.22 bits per heavy atom. The summed E-state index contributed by atoms with van der Waals surface area (Å²) in [5, 5.41) is 9.70. The molecule has 6 heteroatoms. The average molecular weight is 310 g/mol. The van der Waals surface area contributed by atoms with E-state index in [1.54, 1.807) is 6.92 Å². The summed E-state index contributed by atoms with van der Waals surface area (Å²) in [5.74, 6) is -0.201. The van der Waals surface area contributed by atoms with E-state index in [1.165, 1.54) is 24.3 Å². The van der Waals surface area contributed by atoms with Gasteiger partial charge in [-0.15, -0.1) is 0 Å². The Morgan fingerprint density at radius 2 is 1.83 bits per heavy atom.